The number of carbonyl (C=O) groups excluding carboxylic acids is 2. The molecule has 0 saturated carbocycles. The van der Waals surface area contributed by atoms with Crippen molar-refractivity contribution in [3.05, 3.63) is 54.1 Å². The van der Waals surface area contributed by atoms with Crippen molar-refractivity contribution < 1.29 is 27.5 Å². The number of rotatable bonds is 8. The normalized spacial score (nSPS) is 13.0. The average molecular weight is 508 g/mol. The van der Waals surface area contributed by atoms with Crippen LogP contribution in [0.3, 0.4) is 0 Å². The zero-order chi connectivity index (χ0) is 25.6. The molecule has 0 saturated heterocycles. The van der Waals surface area contributed by atoms with Gasteiger partial charge in [-0.1, -0.05) is 43.7 Å². The molecule has 1 aromatic heterocycles. The fraction of sp³-hybridized carbons (Fsp3) is 0.304. The first-order valence-electron chi connectivity index (χ1n) is 10.6. The predicted octanol–water partition coefficient (Wildman–Crippen LogP) is 5.41. The molecule has 0 radical (unpaired) electrons. The number of nitrogens with zero attached hydrogens (tertiary/aromatic N) is 2. The maximum absolute atomic E-state index is 12.9. The van der Waals surface area contributed by atoms with Gasteiger partial charge in [-0.15, -0.1) is 10.2 Å². The van der Waals surface area contributed by atoms with E-state index in [4.69, 9.17) is 4.74 Å². The lowest BCUT2D eigenvalue weighted by Gasteiger charge is -2.23. The standard InChI is InChI=1S/C23H24F3N5O3S/c1-4-13(2)18(28-21(33)27-16-10-8-15(9-11-16)23(24,25)26)19(32)29-22-31-30-20(35-22)14-6-5-7-17(12-14)34-3/h5-13,18H,4H2,1-3H3,(H2,27,28,33)(H,29,31,32). The zero-order valence-electron chi connectivity index (χ0n) is 19.1. The summed E-state index contributed by atoms with van der Waals surface area (Å²) < 4.78 is 43.4. The average Bonchev–Trinajstić information content (AvgIpc) is 3.30. The molecule has 0 aliphatic heterocycles. The van der Waals surface area contributed by atoms with Crippen LogP contribution >= 0.6 is 11.3 Å². The number of urea groups is 1. The van der Waals surface area contributed by atoms with Gasteiger partial charge < -0.3 is 15.4 Å². The lowest BCUT2D eigenvalue weighted by molar-refractivity contribution is -0.137. The number of methoxy groups -OCH3 is 1. The fourth-order valence-electron chi connectivity index (χ4n) is 3.08. The maximum Gasteiger partial charge on any atom is 0.416 e. The summed E-state index contributed by atoms with van der Waals surface area (Å²) in [6, 6.07) is 9.61. The van der Waals surface area contributed by atoms with Crippen LogP contribution in [0.4, 0.5) is 28.8 Å². The first-order chi connectivity index (χ1) is 16.6. The molecule has 0 aliphatic carbocycles. The van der Waals surface area contributed by atoms with E-state index in [-0.39, 0.29) is 16.7 Å². The van der Waals surface area contributed by atoms with Crippen molar-refractivity contribution in [3.63, 3.8) is 0 Å². The van der Waals surface area contributed by atoms with Gasteiger partial charge in [0.15, 0.2) is 0 Å². The van der Waals surface area contributed by atoms with Crippen LogP contribution in [0, 0.1) is 5.92 Å². The van der Waals surface area contributed by atoms with Crippen LogP contribution in [-0.4, -0.2) is 35.3 Å². The summed E-state index contributed by atoms with van der Waals surface area (Å²) in [5, 5.41) is 16.7. The van der Waals surface area contributed by atoms with Gasteiger partial charge in [0, 0.05) is 11.3 Å². The van der Waals surface area contributed by atoms with Crippen LogP contribution in [0.2, 0.25) is 0 Å². The second-order valence-electron chi connectivity index (χ2n) is 7.67. The number of amides is 3. The predicted molar refractivity (Wildman–Crippen MR) is 127 cm³/mol. The van der Waals surface area contributed by atoms with Crippen molar-refractivity contribution in [3.8, 4) is 16.3 Å². The minimum absolute atomic E-state index is 0.158. The molecule has 0 aliphatic rings. The Morgan fingerprint density at radius 2 is 1.80 bits per heavy atom. The molecule has 3 aromatic rings. The molecule has 2 aromatic carbocycles. The van der Waals surface area contributed by atoms with Crippen LogP contribution in [-0.2, 0) is 11.0 Å². The molecule has 2 atom stereocenters. The fourth-order valence-corrected chi connectivity index (χ4v) is 3.83. The Morgan fingerprint density at radius 3 is 2.43 bits per heavy atom. The third-order valence-corrected chi connectivity index (χ3v) is 6.11. The van der Waals surface area contributed by atoms with Gasteiger partial charge in [-0.05, 0) is 42.3 Å². The minimum Gasteiger partial charge on any atom is -0.497 e. The van der Waals surface area contributed by atoms with Gasteiger partial charge in [-0.3, -0.25) is 10.1 Å². The van der Waals surface area contributed by atoms with E-state index < -0.39 is 29.7 Å². The van der Waals surface area contributed by atoms with Crippen molar-refractivity contribution in [1.29, 1.82) is 0 Å². The molecule has 2 unspecified atom stereocenters. The van der Waals surface area contributed by atoms with Crippen molar-refractivity contribution in [2.75, 3.05) is 17.7 Å². The van der Waals surface area contributed by atoms with Crippen molar-refractivity contribution in [1.82, 2.24) is 15.5 Å². The Bertz CT molecular complexity index is 1170. The quantitative estimate of drug-likeness (QED) is 0.378. The van der Waals surface area contributed by atoms with E-state index in [9.17, 15) is 22.8 Å². The maximum atomic E-state index is 12.9. The lowest BCUT2D eigenvalue weighted by atomic mass is 9.98. The summed E-state index contributed by atoms with van der Waals surface area (Å²) in [6.45, 7) is 3.66. The minimum atomic E-state index is -4.47. The lowest BCUT2D eigenvalue weighted by Crippen LogP contribution is -2.49. The Hall–Kier alpha value is -3.67. The van der Waals surface area contributed by atoms with Crippen LogP contribution in [0.15, 0.2) is 48.5 Å². The summed E-state index contributed by atoms with van der Waals surface area (Å²) in [4.78, 5) is 25.4. The number of ether oxygens (including phenoxy) is 1. The largest absolute Gasteiger partial charge is 0.497 e. The number of nitrogens with one attached hydrogen (secondary N) is 3. The molecule has 0 spiro atoms. The number of halogens is 3. The molecule has 12 heteroatoms. The number of anilines is 2. The smallest absolute Gasteiger partial charge is 0.416 e. The first-order valence-corrected chi connectivity index (χ1v) is 11.5. The molecule has 3 rings (SSSR count). The number of aromatic nitrogens is 2. The van der Waals surface area contributed by atoms with Crippen LogP contribution in [0.5, 0.6) is 5.75 Å². The molecule has 186 valence electrons. The molecule has 8 nitrogen and oxygen atoms in total. The SMILES string of the molecule is CCC(C)C(NC(=O)Nc1ccc(C(F)(F)F)cc1)C(=O)Nc1nnc(-c2cccc(OC)c2)s1. The van der Waals surface area contributed by atoms with Gasteiger partial charge in [0.25, 0.3) is 0 Å². The van der Waals surface area contributed by atoms with Crippen molar-refractivity contribution >= 4 is 34.1 Å². The zero-order valence-corrected chi connectivity index (χ0v) is 20.0. The Balaban J connectivity index is 1.66. The number of carbonyl (C=O) groups is 2. The van der Waals surface area contributed by atoms with Crippen LogP contribution in [0.25, 0.3) is 10.6 Å². The van der Waals surface area contributed by atoms with E-state index in [2.05, 4.69) is 26.1 Å². The third kappa shape index (κ3) is 6.92. The monoisotopic (exact) mass is 507 g/mol. The number of hydrogen-bond acceptors (Lipinski definition) is 6. The summed E-state index contributed by atoms with van der Waals surface area (Å²) in [5.41, 5.74) is 0.103. The molecular formula is C23H24F3N5O3S. The molecule has 3 amide bonds. The van der Waals surface area contributed by atoms with Gasteiger partial charge in [0.05, 0.1) is 12.7 Å². The van der Waals surface area contributed by atoms with Gasteiger partial charge in [-0.25, -0.2) is 4.79 Å². The van der Waals surface area contributed by atoms with E-state index in [1.807, 2.05) is 19.1 Å². The highest BCUT2D eigenvalue weighted by Crippen LogP contribution is 2.30. The van der Waals surface area contributed by atoms with E-state index in [1.54, 1.807) is 26.2 Å². The number of hydrogen-bond donors (Lipinski definition) is 3. The summed E-state index contributed by atoms with van der Waals surface area (Å²) in [6.07, 6.45) is -3.89. The second-order valence-corrected chi connectivity index (χ2v) is 8.65. The molecular weight excluding hydrogens is 483 g/mol. The highest BCUT2D eigenvalue weighted by atomic mass is 32.1. The van der Waals surface area contributed by atoms with Crippen molar-refractivity contribution in [2.24, 2.45) is 5.92 Å². The number of alkyl halides is 3. The van der Waals surface area contributed by atoms with E-state index in [0.717, 1.165) is 29.8 Å². The second kappa shape index (κ2) is 11.2. The van der Waals surface area contributed by atoms with Gasteiger partial charge >= 0.3 is 12.2 Å². The molecule has 35 heavy (non-hydrogen) atoms. The highest BCUT2D eigenvalue weighted by molar-refractivity contribution is 7.18. The topological polar surface area (TPSA) is 105 Å². The summed E-state index contributed by atoms with van der Waals surface area (Å²) >= 11 is 1.17. The number of benzene rings is 2. The van der Waals surface area contributed by atoms with Gasteiger partial charge in [-0.2, -0.15) is 13.2 Å². The molecule has 3 N–H and O–H groups in total. The highest BCUT2D eigenvalue weighted by Gasteiger charge is 2.30. The molecule has 0 bridgehead atoms. The first kappa shape index (κ1) is 25.9. The van der Waals surface area contributed by atoms with E-state index >= 15 is 0 Å². The van der Waals surface area contributed by atoms with E-state index in [0.29, 0.717) is 17.2 Å². The Labute approximate surface area is 203 Å². The molecule has 1 heterocycles. The van der Waals surface area contributed by atoms with Crippen molar-refractivity contribution in [2.45, 2.75) is 32.5 Å². The summed E-state index contributed by atoms with van der Waals surface area (Å²) in [7, 11) is 1.56. The van der Waals surface area contributed by atoms with Gasteiger partial charge in [0.1, 0.15) is 16.8 Å². The van der Waals surface area contributed by atoms with Crippen LogP contribution in [0.1, 0.15) is 25.8 Å². The van der Waals surface area contributed by atoms with Gasteiger partial charge in [0.2, 0.25) is 11.0 Å². The van der Waals surface area contributed by atoms with E-state index in [1.165, 1.54) is 11.3 Å². The van der Waals surface area contributed by atoms with Crippen LogP contribution < -0.4 is 20.7 Å². The molecule has 0 fully saturated rings. The Morgan fingerprint density at radius 1 is 1.09 bits per heavy atom. The summed E-state index contributed by atoms with van der Waals surface area (Å²) in [5.74, 6) is -0.0715. The third-order valence-electron chi connectivity index (χ3n) is 5.22. The Kier molecular flexibility index (Phi) is 8.28.